The molecule has 8 aromatic carbocycles. The van der Waals surface area contributed by atoms with Crippen LogP contribution in [0.5, 0.6) is 0 Å². The molecule has 0 saturated carbocycles. The largest absolute Gasteiger partial charge is 0.478 e. The summed E-state index contributed by atoms with van der Waals surface area (Å²) in [5.74, 6) is 0.128. The summed E-state index contributed by atoms with van der Waals surface area (Å²) in [7, 11) is 0. The van der Waals surface area contributed by atoms with Gasteiger partial charge in [-0.15, -0.1) is 24.7 Å². The molecule has 0 spiro atoms. The fourth-order valence-electron chi connectivity index (χ4n) is 7.42. The van der Waals surface area contributed by atoms with Crippen molar-refractivity contribution in [2.24, 2.45) is 9.98 Å². The molecule has 2 aliphatic heterocycles. The van der Waals surface area contributed by atoms with Crippen LogP contribution in [0.1, 0.15) is 0 Å². The standard InChI is InChI=1S/2C18H12FN3.2C13H11N2.2Pt/c2*19-17-12-11-16-18(20-17)22(15-9-5-2-6-10-15)13-21(16)14-7-3-1-4-8-14;2*1-3-7-12(8-4-1)14-11-15-13-9-5-2-6-10-13;;/h2*1-9,11-13H;2*1-11H;;/q2*-2;2*-1;;. The van der Waals surface area contributed by atoms with Gasteiger partial charge in [0.25, 0.3) is 0 Å². The van der Waals surface area contributed by atoms with E-state index < -0.39 is 11.9 Å². The third-order valence-corrected chi connectivity index (χ3v) is 10.9. The molecule has 2 aliphatic rings. The van der Waals surface area contributed by atoms with E-state index in [0.29, 0.717) is 11.6 Å². The molecule has 0 saturated heterocycles. The van der Waals surface area contributed by atoms with Crippen LogP contribution in [0.2, 0.25) is 0 Å². The molecule has 10 aromatic rings. The number of hydrogen-bond acceptors (Lipinski definition) is 8. The Balaban J connectivity index is 0.000000149. The second-order valence-electron chi connectivity index (χ2n) is 15.9. The van der Waals surface area contributed by atoms with E-state index in [1.54, 1.807) is 24.8 Å². The Morgan fingerprint density at radius 1 is 0.382 bits per heavy atom. The number of aromatic nitrogens is 2. The Morgan fingerprint density at radius 2 is 0.711 bits per heavy atom. The van der Waals surface area contributed by atoms with Crippen molar-refractivity contribution in [3.63, 3.8) is 0 Å². The first-order valence-electron chi connectivity index (χ1n) is 23.5. The van der Waals surface area contributed by atoms with Gasteiger partial charge >= 0.3 is 0 Å². The van der Waals surface area contributed by atoms with E-state index in [0.717, 1.165) is 56.9 Å². The van der Waals surface area contributed by atoms with Gasteiger partial charge in [-0.05, 0) is 71.3 Å². The van der Waals surface area contributed by atoms with Gasteiger partial charge in [0.05, 0.1) is 11.4 Å². The molecule has 10 nitrogen and oxygen atoms in total. The van der Waals surface area contributed by atoms with Gasteiger partial charge in [0, 0.05) is 53.5 Å². The number of nitrogens with zero attached hydrogens (tertiary/aromatic N) is 10. The zero-order valence-electron chi connectivity index (χ0n) is 40.4. The minimum Gasteiger partial charge on any atom is -0.478 e. The number of aliphatic imine (C=N–C) groups is 2. The molecule has 0 amide bonds. The van der Waals surface area contributed by atoms with Crippen LogP contribution in [0.4, 0.5) is 77.3 Å². The molecule has 0 N–H and O–H groups in total. The van der Waals surface area contributed by atoms with Crippen LogP contribution in [0.15, 0.2) is 265 Å². The van der Waals surface area contributed by atoms with Gasteiger partial charge in [0.2, 0.25) is 11.9 Å². The summed E-state index contributed by atoms with van der Waals surface area (Å²) >= 11 is 0. The normalized spacial score (nSPS) is 11.8. The van der Waals surface area contributed by atoms with Crippen molar-refractivity contribution in [3.05, 3.63) is 303 Å². The molecule has 0 unspecified atom stereocenters. The van der Waals surface area contributed by atoms with Crippen LogP contribution >= 0.6 is 0 Å². The number of fused-ring (bicyclic) bond motifs is 2. The van der Waals surface area contributed by atoms with Crippen LogP contribution in [0.25, 0.3) is 10.6 Å². The first kappa shape index (κ1) is 55.2. The first-order chi connectivity index (χ1) is 36.6. The number of halogens is 2. The second-order valence-corrected chi connectivity index (χ2v) is 15.9. The zero-order chi connectivity index (χ0) is 50.6. The molecule has 76 heavy (non-hydrogen) atoms. The number of pyridine rings is 2. The average Bonchev–Trinajstić information content (AvgIpc) is 4.06. The maximum absolute atomic E-state index is 13.6. The number of hydrogen-bond donors (Lipinski definition) is 0. The van der Waals surface area contributed by atoms with Crippen molar-refractivity contribution >= 4 is 81.2 Å². The van der Waals surface area contributed by atoms with E-state index in [9.17, 15) is 8.78 Å². The predicted octanol–water partition coefficient (Wildman–Crippen LogP) is 17.0. The van der Waals surface area contributed by atoms with Gasteiger partial charge in [0.1, 0.15) is 11.6 Å². The van der Waals surface area contributed by atoms with E-state index in [1.165, 1.54) is 12.1 Å². The van der Waals surface area contributed by atoms with Crippen molar-refractivity contribution in [2.45, 2.75) is 0 Å². The molecule has 0 radical (unpaired) electrons. The zero-order valence-corrected chi connectivity index (χ0v) is 45.0. The molecule has 2 aromatic heterocycles. The molecule has 0 aliphatic carbocycles. The second kappa shape index (κ2) is 28.8. The van der Waals surface area contributed by atoms with E-state index in [2.05, 4.69) is 42.7 Å². The molecule has 384 valence electrons. The summed E-state index contributed by atoms with van der Waals surface area (Å²) in [5, 5.41) is 8.42. The van der Waals surface area contributed by atoms with E-state index in [1.807, 2.05) is 263 Å². The summed E-state index contributed by atoms with van der Waals surface area (Å²) in [5.41, 5.74) is 8.96. The maximum atomic E-state index is 13.6. The minimum atomic E-state index is -0.497. The van der Waals surface area contributed by atoms with Gasteiger partial charge < -0.3 is 40.2 Å². The van der Waals surface area contributed by atoms with E-state index in [-0.39, 0.29) is 42.1 Å². The van der Waals surface area contributed by atoms with Crippen LogP contribution in [0.3, 0.4) is 0 Å². The van der Waals surface area contributed by atoms with Crippen molar-refractivity contribution < 1.29 is 50.9 Å². The van der Waals surface area contributed by atoms with Crippen molar-refractivity contribution in [2.75, 3.05) is 19.6 Å². The Kier molecular flexibility index (Phi) is 20.9. The van der Waals surface area contributed by atoms with Crippen LogP contribution in [0, 0.1) is 37.4 Å². The molecule has 0 bridgehead atoms. The Labute approximate surface area is 471 Å². The number of para-hydroxylation sites is 8. The van der Waals surface area contributed by atoms with Crippen LogP contribution < -0.4 is 19.6 Å². The maximum Gasteiger partial charge on any atom is 0.214 e. The molecule has 0 fully saturated rings. The molecule has 4 heterocycles. The summed E-state index contributed by atoms with van der Waals surface area (Å²) < 4.78 is 27.2. The summed E-state index contributed by atoms with van der Waals surface area (Å²) in [6.45, 7) is 3.80. The SMILES string of the molecule is C(=Nc1ccccc1)[N-]c1ccccc1.C(=Nc1ccccc1)[N-]c1ccccc1.Fc1ccc2c(n1)N(c1[c-]cccc1)[CH-]N2c1ccccc1.Fc1ccc2c(n1)N(c1[c-]cccc1)[CH-]N2c1ccccc1.[Pt].[Pt]. The first-order valence-corrected chi connectivity index (χ1v) is 23.5. The Bertz CT molecular complexity index is 3100. The quantitative estimate of drug-likeness (QED) is 0.0586. The van der Waals surface area contributed by atoms with Crippen molar-refractivity contribution in [1.82, 2.24) is 9.97 Å². The molecular formula is C62H46F2N10Pt2-6. The average molecular weight is 1360 g/mol. The number of anilines is 8. The predicted molar refractivity (Wildman–Crippen MR) is 297 cm³/mol. The monoisotopic (exact) mass is 1360 g/mol. The van der Waals surface area contributed by atoms with Crippen LogP contribution in [-0.2, 0) is 42.1 Å². The summed E-state index contributed by atoms with van der Waals surface area (Å²) in [6.07, 6.45) is 3.15. The third-order valence-electron chi connectivity index (χ3n) is 10.9. The van der Waals surface area contributed by atoms with Gasteiger partial charge in [-0.3, -0.25) is 0 Å². The topological polar surface area (TPSA) is 91.7 Å². The van der Waals surface area contributed by atoms with Gasteiger partial charge in [-0.2, -0.15) is 69.4 Å². The van der Waals surface area contributed by atoms with Crippen molar-refractivity contribution in [3.8, 4) is 0 Å². The van der Waals surface area contributed by atoms with E-state index >= 15 is 0 Å². The third kappa shape index (κ3) is 15.3. The van der Waals surface area contributed by atoms with Gasteiger partial charge in [-0.1, -0.05) is 170 Å². The fraction of sp³-hybridized carbons (Fsp3) is 0. The van der Waals surface area contributed by atoms with Crippen LogP contribution in [-0.4, -0.2) is 22.6 Å². The molecule has 14 heteroatoms. The molecular weight excluding hydrogens is 1310 g/mol. The number of benzene rings is 8. The summed E-state index contributed by atoms with van der Waals surface area (Å²) in [4.78, 5) is 24.2. The Hall–Kier alpha value is -8.56. The number of rotatable bonds is 10. The van der Waals surface area contributed by atoms with Gasteiger partial charge in [-0.25, -0.2) is 9.97 Å². The molecule has 12 rings (SSSR count). The minimum absolute atomic E-state index is 0. The fourth-order valence-corrected chi connectivity index (χ4v) is 7.42. The molecule has 0 atom stereocenters. The van der Waals surface area contributed by atoms with E-state index in [4.69, 9.17) is 0 Å². The smallest absolute Gasteiger partial charge is 0.214 e. The Morgan fingerprint density at radius 3 is 1.05 bits per heavy atom. The van der Waals surface area contributed by atoms with Crippen molar-refractivity contribution in [1.29, 1.82) is 0 Å². The van der Waals surface area contributed by atoms with Gasteiger partial charge in [0.15, 0.2) is 0 Å². The summed E-state index contributed by atoms with van der Waals surface area (Å²) in [6, 6.07) is 86.5.